The highest BCUT2D eigenvalue weighted by Crippen LogP contribution is 2.25. The minimum absolute atomic E-state index is 0.0547. The Bertz CT molecular complexity index is 637. The van der Waals surface area contributed by atoms with Gasteiger partial charge in [0.05, 0.1) is 0 Å². The monoisotopic (exact) mass is 256 g/mol. The summed E-state index contributed by atoms with van der Waals surface area (Å²) in [6.45, 7) is 4.08. The fourth-order valence-corrected chi connectivity index (χ4v) is 1.75. The lowest BCUT2D eigenvalue weighted by Gasteiger charge is -2.06. The van der Waals surface area contributed by atoms with Crippen molar-refractivity contribution >= 4 is 16.7 Å². The number of esters is 1. The third kappa shape index (κ3) is 3.13. The predicted octanol–water partition coefficient (Wildman–Crippen LogP) is 3.67. The van der Waals surface area contributed by atoms with E-state index >= 15 is 0 Å². The molecule has 0 unspecified atom stereocenters. The Balaban J connectivity index is 2.26. The number of hydrogen-bond donors (Lipinski definition) is 1. The Kier molecular flexibility index (Phi) is 3.85. The normalized spacial score (nSPS) is 10.2. The van der Waals surface area contributed by atoms with Crippen LogP contribution in [0.4, 0.5) is 0 Å². The molecule has 0 aliphatic heterocycles. The molecule has 0 spiro atoms. The predicted molar refractivity (Wildman–Crippen MR) is 75.3 cm³/mol. The van der Waals surface area contributed by atoms with Crippen molar-refractivity contribution in [3.8, 4) is 5.75 Å². The first kappa shape index (κ1) is 13.1. The zero-order valence-corrected chi connectivity index (χ0v) is 11.0. The van der Waals surface area contributed by atoms with Gasteiger partial charge in [0.25, 0.3) is 0 Å². The minimum atomic E-state index is -0.513. The molecule has 1 N–H and O–H groups in total. The van der Waals surface area contributed by atoms with Crippen molar-refractivity contribution in [2.45, 2.75) is 13.8 Å². The lowest BCUT2D eigenvalue weighted by Crippen LogP contribution is -2.05. The zero-order chi connectivity index (χ0) is 13.8. The fourth-order valence-electron chi connectivity index (χ4n) is 1.75. The maximum absolute atomic E-state index is 11.9. The van der Waals surface area contributed by atoms with Crippen LogP contribution in [-0.2, 0) is 4.74 Å². The number of benzene rings is 2. The number of aromatic hydroxyl groups is 1. The van der Waals surface area contributed by atoms with E-state index in [4.69, 9.17) is 4.74 Å². The van der Waals surface area contributed by atoms with E-state index in [1.165, 1.54) is 0 Å². The van der Waals surface area contributed by atoms with Gasteiger partial charge in [-0.05, 0) is 42.8 Å². The Hall–Kier alpha value is -2.29. The van der Waals surface area contributed by atoms with Gasteiger partial charge in [0, 0.05) is 0 Å². The molecular weight excluding hydrogens is 240 g/mol. The summed E-state index contributed by atoms with van der Waals surface area (Å²) in [5.41, 5.74) is 1.27. The second-order valence-corrected chi connectivity index (χ2v) is 4.60. The van der Waals surface area contributed by atoms with Crippen LogP contribution < -0.4 is 0 Å². The second kappa shape index (κ2) is 5.57. The van der Waals surface area contributed by atoms with Gasteiger partial charge >= 0.3 is 5.97 Å². The van der Waals surface area contributed by atoms with Crippen molar-refractivity contribution in [2.75, 3.05) is 6.61 Å². The average Bonchev–Trinajstić information content (AvgIpc) is 2.37. The molecule has 0 fully saturated rings. The van der Waals surface area contributed by atoms with Crippen LogP contribution in [0.5, 0.6) is 5.75 Å². The summed E-state index contributed by atoms with van der Waals surface area (Å²) in [6, 6.07) is 10.8. The summed E-state index contributed by atoms with van der Waals surface area (Å²) in [4.78, 5) is 11.9. The van der Waals surface area contributed by atoms with Crippen molar-refractivity contribution in [3.63, 3.8) is 0 Å². The molecule has 0 amide bonds. The van der Waals surface area contributed by atoms with Gasteiger partial charge in [-0.15, -0.1) is 0 Å². The molecule has 0 saturated heterocycles. The molecule has 0 aliphatic carbocycles. The second-order valence-electron chi connectivity index (χ2n) is 4.60. The van der Waals surface area contributed by atoms with Gasteiger partial charge in [0.1, 0.15) is 17.9 Å². The first-order chi connectivity index (χ1) is 9.08. The first-order valence-corrected chi connectivity index (χ1v) is 6.10. The number of hydrogen-bond acceptors (Lipinski definition) is 3. The molecule has 98 valence electrons. The summed E-state index contributed by atoms with van der Waals surface area (Å²) in [5.74, 6) is -0.568. The molecule has 0 saturated carbocycles. The Labute approximate surface area is 112 Å². The van der Waals surface area contributed by atoms with Crippen molar-refractivity contribution < 1.29 is 14.6 Å². The number of rotatable bonds is 3. The largest absolute Gasteiger partial charge is 0.507 e. The van der Waals surface area contributed by atoms with Crippen molar-refractivity contribution in [3.05, 3.63) is 53.6 Å². The smallest absolute Gasteiger partial charge is 0.342 e. The van der Waals surface area contributed by atoms with Gasteiger partial charge in [0.2, 0.25) is 0 Å². The summed E-state index contributed by atoms with van der Waals surface area (Å²) in [5, 5.41) is 11.7. The highest BCUT2D eigenvalue weighted by molar-refractivity contribution is 5.98. The number of carbonyl (C=O) groups is 1. The van der Waals surface area contributed by atoms with E-state index in [9.17, 15) is 9.90 Å². The van der Waals surface area contributed by atoms with Crippen LogP contribution >= 0.6 is 0 Å². The Morgan fingerprint density at radius 2 is 1.84 bits per heavy atom. The van der Waals surface area contributed by atoms with E-state index in [1.54, 1.807) is 12.1 Å². The average molecular weight is 256 g/mol. The molecule has 19 heavy (non-hydrogen) atoms. The molecule has 3 nitrogen and oxygen atoms in total. The van der Waals surface area contributed by atoms with Gasteiger partial charge in [-0.2, -0.15) is 0 Å². The number of allylic oxidation sites excluding steroid dienone is 1. The van der Waals surface area contributed by atoms with Gasteiger partial charge in [-0.25, -0.2) is 4.79 Å². The highest BCUT2D eigenvalue weighted by Gasteiger charge is 2.13. The highest BCUT2D eigenvalue weighted by atomic mass is 16.5. The Morgan fingerprint density at radius 3 is 2.47 bits per heavy atom. The number of fused-ring (bicyclic) bond motifs is 1. The van der Waals surface area contributed by atoms with Gasteiger partial charge in [-0.3, -0.25) is 0 Å². The molecule has 0 aromatic heterocycles. The number of ether oxygens (including phenoxy) is 1. The molecule has 0 heterocycles. The third-order valence-corrected chi connectivity index (χ3v) is 2.79. The van der Waals surface area contributed by atoms with Crippen LogP contribution in [0.25, 0.3) is 10.8 Å². The molecule has 2 rings (SSSR count). The molecule has 0 atom stereocenters. The van der Waals surface area contributed by atoms with Crippen LogP contribution in [0, 0.1) is 0 Å². The number of carbonyl (C=O) groups excluding carboxylic acids is 1. The third-order valence-electron chi connectivity index (χ3n) is 2.79. The van der Waals surface area contributed by atoms with Crippen molar-refractivity contribution in [2.24, 2.45) is 0 Å². The van der Waals surface area contributed by atoms with Gasteiger partial charge in [-0.1, -0.05) is 29.8 Å². The van der Waals surface area contributed by atoms with Crippen molar-refractivity contribution in [1.82, 2.24) is 0 Å². The molecular formula is C16H16O3. The molecule has 2 aromatic rings. The zero-order valence-electron chi connectivity index (χ0n) is 11.0. The molecule has 0 aliphatic rings. The van der Waals surface area contributed by atoms with Crippen LogP contribution in [-0.4, -0.2) is 17.7 Å². The Morgan fingerprint density at radius 1 is 1.21 bits per heavy atom. The van der Waals surface area contributed by atoms with Crippen molar-refractivity contribution in [1.29, 1.82) is 0 Å². The SMILES string of the molecule is CC(C)=CCOC(=O)c1cc2ccccc2cc1O. The summed E-state index contributed by atoms with van der Waals surface area (Å²) in [7, 11) is 0. The standard InChI is InChI=1S/C16H16O3/c1-11(2)7-8-19-16(18)14-9-12-5-3-4-6-13(12)10-15(14)17/h3-7,9-10,17H,8H2,1-2H3. The minimum Gasteiger partial charge on any atom is -0.507 e. The van der Waals surface area contributed by atoms with E-state index < -0.39 is 5.97 Å². The lowest BCUT2D eigenvalue weighted by molar-refractivity contribution is 0.0546. The maximum Gasteiger partial charge on any atom is 0.342 e. The summed E-state index contributed by atoms with van der Waals surface area (Å²) < 4.78 is 5.09. The van der Waals surface area contributed by atoms with Crippen LogP contribution in [0.2, 0.25) is 0 Å². The van der Waals surface area contributed by atoms with E-state index in [0.29, 0.717) is 0 Å². The molecule has 3 heteroatoms. The fraction of sp³-hybridized carbons (Fsp3) is 0.188. The molecule has 2 aromatic carbocycles. The molecule has 0 bridgehead atoms. The summed E-state index contributed by atoms with van der Waals surface area (Å²) >= 11 is 0. The van der Waals surface area contributed by atoms with E-state index in [1.807, 2.05) is 44.2 Å². The van der Waals surface area contributed by atoms with Gasteiger partial charge in [0.15, 0.2) is 0 Å². The molecule has 0 radical (unpaired) electrons. The summed E-state index contributed by atoms with van der Waals surface area (Å²) in [6.07, 6.45) is 1.82. The van der Waals surface area contributed by atoms with Gasteiger partial charge < -0.3 is 9.84 Å². The number of phenols is 1. The number of phenolic OH excluding ortho intramolecular Hbond substituents is 1. The van der Waals surface area contributed by atoms with Crippen LogP contribution in [0.3, 0.4) is 0 Å². The lowest BCUT2D eigenvalue weighted by atomic mass is 10.1. The van der Waals surface area contributed by atoms with E-state index in [0.717, 1.165) is 16.3 Å². The van der Waals surface area contributed by atoms with E-state index in [-0.39, 0.29) is 17.9 Å². The van der Waals surface area contributed by atoms with E-state index in [2.05, 4.69) is 0 Å². The first-order valence-electron chi connectivity index (χ1n) is 6.10. The quantitative estimate of drug-likeness (QED) is 0.673. The van der Waals surface area contributed by atoms with Crippen LogP contribution in [0.15, 0.2) is 48.0 Å². The maximum atomic E-state index is 11.9. The van der Waals surface area contributed by atoms with Crippen LogP contribution in [0.1, 0.15) is 24.2 Å². The topological polar surface area (TPSA) is 46.5 Å².